The number of hydrogen-bond acceptors (Lipinski definition) is 2. The maximum absolute atomic E-state index is 11.5. The summed E-state index contributed by atoms with van der Waals surface area (Å²) in [5.41, 5.74) is 0.801. The summed E-state index contributed by atoms with van der Waals surface area (Å²) in [4.78, 5) is 11.5. The molecule has 1 rings (SSSR count). The number of amides is 1. The van der Waals surface area contributed by atoms with E-state index in [0.717, 1.165) is 12.0 Å². The van der Waals surface area contributed by atoms with Crippen molar-refractivity contribution in [2.75, 3.05) is 7.11 Å². The average Bonchev–Trinajstić information content (AvgIpc) is 2.36. The fraction of sp³-hybridized carbons (Fsp3) is 0.500. The number of benzene rings is 1. The van der Waals surface area contributed by atoms with Crippen molar-refractivity contribution in [1.29, 1.82) is 0 Å². The Bertz CT molecular complexity index is 418. The second kappa shape index (κ2) is 6.10. The molecule has 0 aliphatic rings. The van der Waals surface area contributed by atoms with Crippen LogP contribution in [-0.2, 0) is 4.74 Å². The molecule has 100 valence electrons. The van der Waals surface area contributed by atoms with Crippen molar-refractivity contribution in [3.05, 3.63) is 34.9 Å². The summed E-state index contributed by atoms with van der Waals surface area (Å²) in [7, 11) is 1.36. The van der Waals surface area contributed by atoms with E-state index in [0.29, 0.717) is 5.02 Å². The van der Waals surface area contributed by atoms with Crippen LogP contribution in [0.1, 0.15) is 38.8 Å². The largest absolute Gasteiger partial charge is 0.453 e. The van der Waals surface area contributed by atoms with Crippen LogP contribution in [0.4, 0.5) is 4.79 Å². The van der Waals surface area contributed by atoms with Crippen molar-refractivity contribution < 1.29 is 9.53 Å². The Balaban J connectivity index is 3.13. The lowest BCUT2D eigenvalue weighted by Crippen LogP contribution is -2.37. The molecule has 0 bridgehead atoms. The zero-order chi connectivity index (χ0) is 13.8. The van der Waals surface area contributed by atoms with Crippen molar-refractivity contribution in [2.24, 2.45) is 5.41 Å². The van der Waals surface area contributed by atoms with E-state index in [1.54, 1.807) is 0 Å². The average molecular weight is 270 g/mol. The maximum atomic E-state index is 11.5. The van der Waals surface area contributed by atoms with Crippen molar-refractivity contribution in [1.82, 2.24) is 5.32 Å². The van der Waals surface area contributed by atoms with Gasteiger partial charge in [-0.05, 0) is 23.5 Å². The Morgan fingerprint density at radius 2 is 2.06 bits per heavy atom. The van der Waals surface area contributed by atoms with E-state index in [2.05, 4.69) is 30.8 Å². The monoisotopic (exact) mass is 269 g/mol. The Labute approximate surface area is 113 Å². The molecule has 3 nitrogen and oxygen atoms in total. The fourth-order valence-electron chi connectivity index (χ4n) is 1.78. The topological polar surface area (TPSA) is 38.3 Å². The first-order valence-corrected chi connectivity index (χ1v) is 6.39. The SMILES string of the molecule is CCC(C)(C)[C@H](NC(=O)OC)c1ccccc1Cl. The van der Waals surface area contributed by atoms with Gasteiger partial charge in [0.1, 0.15) is 0 Å². The third-order valence-electron chi connectivity index (χ3n) is 3.36. The van der Waals surface area contributed by atoms with Gasteiger partial charge in [-0.3, -0.25) is 0 Å². The van der Waals surface area contributed by atoms with Crippen LogP contribution in [0.15, 0.2) is 24.3 Å². The first-order chi connectivity index (χ1) is 8.42. The van der Waals surface area contributed by atoms with Crippen molar-refractivity contribution in [3.8, 4) is 0 Å². The molecule has 1 amide bonds. The summed E-state index contributed by atoms with van der Waals surface area (Å²) in [6.45, 7) is 6.27. The van der Waals surface area contributed by atoms with Gasteiger partial charge in [0.25, 0.3) is 0 Å². The van der Waals surface area contributed by atoms with Crippen LogP contribution in [0.5, 0.6) is 0 Å². The lowest BCUT2D eigenvalue weighted by Gasteiger charge is -2.34. The molecule has 0 aromatic heterocycles. The third-order valence-corrected chi connectivity index (χ3v) is 3.70. The van der Waals surface area contributed by atoms with E-state index in [1.807, 2.05) is 24.3 Å². The summed E-state index contributed by atoms with van der Waals surface area (Å²) in [6, 6.07) is 7.37. The molecular weight excluding hydrogens is 250 g/mol. The number of alkyl carbamates (subject to hydrolysis) is 1. The van der Waals surface area contributed by atoms with Gasteiger partial charge in [-0.1, -0.05) is 50.6 Å². The third kappa shape index (κ3) is 3.39. The van der Waals surface area contributed by atoms with Crippen LogP contribution in [0.25, 0.3) is 0 Å². The Morgan fingerprint density at radius 3 is 2.56 bits per heavy atom. The van der Waals surface area contributed by atoms with Crippen molar-refractivity contribution >= 4 is 17.7 Å². The fourth-order valence-corrected chi connectivity index (χ4v) is 2.03. The van der Waals surface area contributed by atoms with Gasteiger partial charge < -0.3 is 10.1 Å². The smallest absolute Gasteiger partial charge is 0.407 e. The number of carbonyl (C=O) groups is 1. The molecule has 0 fully saturated rings. The van der Waals surface area contributed by atoms with E-state index in [9.17, 15) is 4.79 Å². The van der Waals surface area contributed by atoms with E-state index >= 15 is 0 Å². The highest BCUT2D eigenvalue weighted by Gasteiger charge is 2.32. The highest BCUT2D eigenvalue weighted by Crippen LogP contribution is 2.38. The van der Waals surface area contributed by atoms with Gasteiger partial charge in [-0.25, -0.2) is 4.79 Å². The molecule has 1 N–H and O–H groups in total. The molecule has 0 unspecified atom stereocenters. The van der Waals surface area contributed by atoms with Gasteiger partial charge in [0.2, 0.25) is 0 Å². The van der Waals surface area contributed by atoms with Crippen LogP contribution in [-0.4, -0.2) is 13.2 Å². The predicted octanol–water partition coefficient (Wildman–Crippen LogP) is 4.17. The van der Waals surface area contributed by atoms with Gasteiger partial charge in [0.15, 0.2) is 0 Å². The Kier molecular flexibility index (Phi) is 5.03. The van der Waals surface area contributed by atoms with E-state index in [4.69, 9.17) is 11.6 Å². The molecule has 0 spiro atoms. The Morgan fingerprint density at radius 1 is 1.44 bits per heavy atom. The number of nitrogens with one attached hydrogen (secondary N) is 1. The van der Waals surface area contributed by atoms with Gasteiger partial charge in [0.05, 0.1) is 13.2 Å². The van der Waals surface area contributed by atoms with Crippen molar-refractivity contribution in [3.63, 3.8) is 0 Å². The number of methoxy groups -OCH3 is 1. The molecule has 0 saturated heterocycles. The molecule has 1 aromatic carbocycles. The van der Waals surface area contributed by atoms with Crippen molar-refractivity contribution in [2.45, 2.75) is 33.2 Å². The molecule has 1 atom stereocenters. The molecule has 0 radical (unpaired) electrons. The van der Waals surface area contributed by atoms with Gasteiger partial charge in [-0.2, -0.15) is 0 Å². The molecule has 0 heterocycles. The van der Waals surface area contributed by atoms with Crippen LogP contribution in [0.2, 0.25) is 5.02 Å². The normalized spacial score (nSPS) is 12.9. The van der Waals surface area contributed by atoms with Crippen LogP contribution in [0.3, 0.4) is 0 Å². The van der Waals surface area contributed by atoms with Gasteiger partial charge in [-0.15, -0.1) is 0 Å². The molecule has 0 aliphatic heterocycles. The Hall–Kier alpha value is -1.22. The maximum Gasteiger partial charge on any atom is 0.407 e. The number of hydrogen-bond donors (Lipinski definition) is 1. The number of carbonyl (C=O) groups excluding carboxylic acids is 1. The number of rotatable bonds is 4. The van der Waals surface area contributed by atoms with E-state index < -0.39 is 6.09 Å². The predicted molar refractivity (Wildman–Crippen MR) is 73.8 cm³/mol. The van der Waals surface area contributed by atoms with Crippen LogP contribution < -0.4 is 5.32 Å². The molecular formula is C14H20ClNO2. The zero-order valence-electron chi connectivity index (χ0n) is 11.3. The summed E-state index contributed by atoms with van der Waals surface area (Å²) >= 11 is 6.22. The minimum Gasteiger partial charge on any atom is -0.453 e. The van der Waals surface area contributed by atoms with E-state index in [-0.39, 0.29) is 11.5 Å². The molecule has 1 aromatic rings. The van der Waals surface area contributed by atoms with E-state index in [1.165, 1.54) is 7.11 Å². The lowest BCUT2D eigenvalue weighted by atomic mass is 9.78. The number of ether oxygens (including phenoxy) is 1. The molecule has 4 heteroatoms. The first kappa shape index (κ1) is 14.8. The quantitative estimate of drug-likeness (QED) is 0.891. The van der Waals surface area contributed by atoms with Crippen LogP contribution in [0, 0.1) is 5.41 Å². The highest BCUT2D eigenvalue weighted by molar-refractivity contribution is 6.31. The summed E-state index contributed by atoms with van der Waals surface area (Å²) in [5, 5.41) is 3.52. The molecule has 0 saturated carbocycles. The minimum absolute atomic E-state index is 0.112. The second-order valence-corrected chi connectivity index (χ2v) is 5.34. The first-order valence-electron chi connectivity index (χ1n) is 6.01. The van der Waals surface area contributed by atoms with Gasteiger partial charge in [0, 0.05) is 5.02 Å². The zero-order valence-corrected chi connectivity index (χ0v) is 12.0. The molecule has 18 heavy (non-hydrogen) atoms. The minimum atomic E-state index is -0.443. The standard InChI is InChI=1S/C14H20ClNO2/c1-5-14(2,3)12(16-13(17)18-4)10-8-6-7-9-11(10)15/h6-9,12H,5H2,1-4H3,(H,16,17)/t12-/m1/s1. The molecule has 0 aliphatic carbocycles. The van der Waals surface area contributed by atoms with Gasteiger partial charge >= 0.3 is 6.09 Å². The number of halogens is 1. The lowest BCUT2D eigenvalue weighted by molar-refractivity contribution is 0.149. The highest BCUT2D eigenvalue weighted by atomic mass is 35.5. The second-order valence-electron chi connectivity index (χ2n) is 4.93. The summed E-state index contributed by atoms with van der Waals surface area (Å²) in [6.07, 6.45) is 0.467. The van der Waals surface area contributed by atoms with Crippen LogP contribution >= 0.6 is 11.6 Å². The summed E-state index contributed by atoms with van der Waals surface area (Å²) in [5.74, 6) is 0. The summed E-state index contributed by atoms with van der Waals surface area (Å²) < 4.78 is 4.69.